The Hall–Kier alpha value is -2.73. The second kappa shape index (κ2) is 8.33. The van der Waals surface area contributed by atoms with Crippen LogP contribution in [0, 0.1) is 26.7 Å². The number of halogens is 1. The lowest BCUT2D eigenvalue weighted by molar-refractivity contribution is -0.124. The monoisotopic (exact) mass is 414 g/mol. The number of amides is 1. The average Bonchev–Trinajstić information content (AvgIpc) is 2.88. The highest BCUT2D eigenvalue weighted by Crippen LogP contribution is 2.37. The average molecular weight is 415 g/mol. The fraction of sp³-hybridized carbons (Fsp3) is 0.364. The number of Topliss-reactive ketones (excluding diaryl/α,β-unsaturated/α-hetero) is 2. The van der Waals surface area contributed by atoms with Gasteiger partial charge in [-0.2, -0.15) is 0 Å². The van der Waals surface area contributed by atoms with Crippen LogP contribution in [0.4, 0.5) is 0 Å². The Morgan fingerprint density at radius 1 is 1.17 bits per heavy atom. The zero-order valence-electron chi connectivity index (χ0n) is 16.6. The van der Waals surface area contributed by atoms with E-state index in [1.807, 2.05) is 32.9 Å². The molecule has 3 rings (SSSR count). The zero-order chi connectivity index (χ0) is 21.3. The molecule has 1 saturated carbocycles. The predicted molar refractivity (Wildman–Crippen MR) is 109 cm³/mol. The highest BCUT2D eigenvalue weighted by molar-refractivity contribution is 6.29. The van der Waals surface area contributed by atoms with Crippen molar-refractivity contribution in [2.24, 2.45) is 5.92 Å². The number of nitrogens with one attached hydrogen (secondary N) is 1. The topological polar surface area (TPSA) is 96.4 Å². The quantitative estimate of drug-likeness (QED) is 0.577. The second-order valence-corrected chi connectivity index (χ2v) is 7.98. The van der Waals surface area contributed by atoms with Crippen LogP contribution in [-0.2, 0) is 9.59 Å². The van der Waals surface area contributed by atoms with Gasteiger partial charge < -0.3 is 10.4 Å². The first-order chi connectivity index (χ1) is 13.7. The Morgan fingerprint density at radius 2 is 1.83 bits per heavy atom. The molecule has 1 fully saturated rings. The molecular formula is C22H23ClN2O4. The number of rotatable bonds is 5. The molecule has 2 unspecified atom stereocenters. The van der Waals surface area contributed by atoms with Crippen molar-refractivity contribution in [2.75, 3.05) is 6.54 Å². The van der Waals surface area contributed by atoms with Crippen LogP contribution in [0.5, 0.6) is 5.75 Å². The van der Waals surface area contributed by atoms with Crippen molar-refractivity contribution in [3.8, 4) is 5.75 Å². The summed E-state index contributed by atoms with van der Waals surface area (Å²) in [4.78, 5) is 41.6. The summed E-state index contributed by atoms with van der Waals surface area (Å²) in [7, 11) is 0. The first-order valence-corrected chi connectivity index (χ1v) is 9.84. The first kappa shape index (κ1) is 21.0. The third-order valence-electron chi connectivity index (χ3n) is 5.27. The number of aromatic hydroxyl groups is 1. The Kier molecular flexibility index (Phi) is 6.03. The molecule has 0 bridgehead atoms. The van der Waals surface area contributed by atoms with E-state index < -0.39 is 17.7 Å². The summed E-state index contributed by atoms with van der Waals surface area (Å²) in [5.41, 5.74) is 3.81. The molecule has 6 nitrogen and oxygen atoms in total. The number of aromatic nitrogens is 1. The summed E-state index contributed by atoms with van der Waals surface area (Å²) < 4.78 is 0. The van der Waals surface area contributed by atoms with E-state index >= 15 is 0 Å². The van der Waals surface area contributed by atoms with E-state index in [1.54, 1.807) is 0 Å². The first-order valence-electron chi connectivity index (χ1n) is 9.46. The number of carbonyl (C=O) groups excluding carboxylic acids is 3. The van der Waals surface area contributed by atoms with Gasteiger partial charge in [-0.05, 0) is 43.9 Å². The van der Waals surface area contributed by atoms with E-state index in [4.69, 9.17) is 11.6 Å². The lowest BCUT2D eigenvalue weighted by Crippen LogP contribution is -2.28. The molecule has 0 spiro atoms. The van der Waals surface area contributed by atoms with Gasteiger partial charge in [-0.3, -0.25) is 14.4 Å². The van der Waals surface area contributed by atoms with Gasteiger partial charge in [-0.25, -0.2) is 4.98 Å². The molecule has 1 amide bonds. The number of ketones is 2. The van der Waals surface area contributed by atoms with Gasteiger partial charge in [0.2, 0.25) is 0 Å². The number of hydrogen-bond acceptors (Lipinski definition) is 5. The van der Waals surface area contributed by atoms with Crippen LogP contribution in [0.2, 0.25) is 5.15 Å². The lowest BCUT2D eigenvalue weighted by Gasteiger charge is -2.16. The molecule has 1 heterocycles. The van der Waals surface area contributed by atoms with Gasteiger partial charge in [0.05, 0.1) is 0 Å². The van der Waals surface area contributed by atoms with Crippen LogP contribution in [0.1, 0.15) is 51.5 Å². The molecule has 1 aliphatic carbocycles. The van der Waals surface area contributed by atoms with Crippen LogP contribution in [0.15, 0.2) is 24.3 Å². The van der Waals surface area contributed by atoms with Gasteiger partial charge in [-0.1, -0.05) is 29.3 Å². The minimum absolute atomic E-state index is 0.00685. The van der Waals surface area contributed by atoms with Crippen LogP contribution >= 0.6 is 11.6 Å². The van der Waals surface area contributed by atoms with E-state index in [1.165, 1.54) is 12.1 Å². The molecule has 0 radical (unpaired) electrons. The predicted octanol–water partition coefficient (Wildman–Crippen LogP) is 3.43. The van der Waals surface area contributed by atoms with Crippen molar-refractivity contribution in [2.45, 2.75) is 39.5 Å². The van der Waals surface area contributed by atoms with Crippen LogP contribution in [0.25, 0.3) is 0 Å². The standard InChI is InChI=1S/C22H23ClN2O4/c1-11-6-12(2)19(13(3)7-11)20-17(27)8-14(21(20)28)4-5-24-22(29)16-9-15(26)10-18(23)25-16/h6-7,9-10,14,20H,4-5,8H2,1-3H3,(H,24,29)(H,25,26). The number of aryl methyl sites for hydroxylation is 3. The second-order valence-electron chi connectivity index (χ2n) is 7.59. The Balaban J connectivity index is 1.66. The van der Waals surface area contributed by atoms with Gasteiger partial charge in [0.25, 0.3) is 5.91 Å². The van der Waals surface area contributed by atoms with Crippen molar-refractivity contribution in [1.82, 2.24) is 10.3 Å². The van der Waals surface area contributed by atoms with Crippen molar-refractivity contribution < 1.29 is 19.5 Å². The number of benzene rings is 1. The smallest absolute Gasteiger partial charge is 0.270 e. The molecule has 29 heavy (non-hydrogen) atoms. The lowest BCUT2D eigenvalue weighted by atomic mass is 9.86. The van der Waals surface area contributed by atoms with E-state index in [9.17, 15) is 19.5 Å². The van der Waals surface area contributed by atoms with Gasteiger partial charge in [-0.15, -0.1) is 0 Å². The van der Waals surface area contributed by atoms with E-state index in [-0.39, 0.29) is 41.1 Å². The number of hydrogen-bond donors (Lipinski definition) is 2. The number of nitrogens with zero attached hydrogens (tertiary/aromatic N) is 1. The van der Waals surface area contributed by atoms with Gasteiger partial charge >= 0.3 is 0 Å². The Bertz CT molecular complexity index is 959. The van der Waals surface area contributed by atoms with Crippen molar-refractivity contribution >= 4 is 29.1 Å². The molecule has 2 aromatic rings. The van der Waals surface area contributed by atoms with Crippen LogP contribution < -0.4 is 5.32 Å². The van der Waals surface area contributed by atoms with Crippen LogP contribution in [-0.4, -0.2) is 34.1 Å². The highest BCUT2D eigenvalue weighted by atomic mass is 35.5. The summed E-state index contributed by atoms with van der Waals surface area (Å²) in [6.07, 6.45) is 0.547. The molecular weight excluding hydrogens is 392 g/mol. The molecule has 2 atom stereocenters. The molecule has 1 aliphatic rings. The summed E-state index contributed by atoms with van der Waals surface area (Å²) in [6, 6.07) is 6.43. The maximum absolute atomic E-state index is 12.9. The van der Waals surface area contributed by atoms with Crippen molar-refractivity contribution in [1.29, 1.82) is 0 Å². The Labute approximate surface area is 174 Å². The molecule has 2 N–H and O–H groups in total. The fourth-order valence-corrected chi connectivity index (χ4v) is 4.30. The third kappa shape index (κ3) is 4.48. The maximum atomic E-state index is 12.9. The number of carbonyl (C=O) groups is 3. The van der Waals surface area contributed by atoms with E-state index in [0.29, 0.717) is 6.42 Å². The summed E-state index contributed by atoms with van der Waals surface area (Å²) in [6.45, 7) is 6.06. The zero-order valence-corrected chi connectivity index (χ0v) is 17.3. The molecule has 1 aromatic heterocycles. The molecule has 0 aliphatic heterocycles. The summed E-state index contributed by atoms with van der Waals surface area (Å²) in [5, 5.41) is 12.2. The number of pyridine rings is 1. The maximum Gasteiger partial charge on any atom is 0.270 e. The fourth-order valence-electron chi connectivity index (χ4n) is 4.10. The highest BCUT2D eigenvalue weighted by Gasteiger charge is 2.42. The van der Waals surface area contributed by atoms with Crippen LogP contribution in [0.3, 0.4) is 0 Å². The van der Waals surface area contributed by atoms with Crippen molar-refractivity contribution in [3.63, 3.8) is 0 Å². The minimum Gasteiger partial charge on any atom is -0.508 e. The Morgan fingerprint density at radius 3 is 2.45 bits per heavy atom. The van der Waals surface area contributed by atoms with Crippen molar-refractivity contribution in [3.05, 3.63) is 57.4 Å². The SMILES string of the molecule is Cc1cc(C)c(C2C(=O)CC(CCNC(=O)c3cc(O)cc(Cl)n3)C2=O)c(C)c1. The normalized spacial score (nSPS) is 18.9. The summed E-state index contributed by atoms with van der Waals surface area (Å²) >= 11 is 5.74. The molecule has 152 valence electrons. The van der Waals surface area contributed by atoms with E-state index in [2.05, 4.69) is 10.3 Å². The van der Waals surface area contributed by atoms with E-state index in [0.717, 1.165) is 22.3 Å². The van der Waals surface area contributed by atoms with Gasteiger partial charge in [0, 0.05) is 31.0 Å². The molecule has 0 saturated heterocycles. The molecule has 7 heteroatoms. The molecule has 1 aromatic carbocycles. The largest absolute Gasteiger partial charge is 0.508 e. The van der Waals surface area contributed by atoms with Gasteiger partial charge in [0.1, 0.15) is 28.3 Å². The minimum atomic E-state index is -0.720. The third-order valence-corrected chi connectivity index (χ3v) is 5.47. The summed E-state index contributed by atoms with van der Waals surface area (Å²) in [5.74, 6) is -1.95. The van der Waals surface area contributed by atoms with Gasteiger partial charge in [0.15, 0.2) is 5.78 Å².